The molecule has 0 unspecified atom stereocenters. The van der Waals surface area contributed by atoms with Crippen LogP contribution in [0.3, 0.4) is 0 Å². The number of esters is 1. The van der Waals surface area contributed by atoms with Crippen LogP contribution in [0.1, 0.15) is 27.7 Å². The van der Waals surface area contributed by atoms with Gasteiger partial charge in [-0.1, -0.05) is 13.8 Å². The Bertz CT molecular complexity index is 861. The summed E-state index contributed by atoms with van der Waals surface area (Å²) in [5, 5.41) is 0. The van der Waals surface area contributed by atoms with Gasteiger partial charge >= 0.3 is 5.97 Å². The van der Waals surface area contributed by atoms with E-state index in [0.29, 0.717) is 50.7 Å². The number of hydrogen-bond acceptors (Lipinski definition) is 7. The van der Waals surface area contributed by atoms with Crippen molar-refractivity contribution in [2.45, 2.75) is 38.7 Å². The molecule has 0 aromatic heterocycles. The van der Waals surface area contributed by atoms with E-state index in [2.05, 4.69) is 0 Å². The van der Waals surface area contributed by atoms with Crippen LogP contribution in [0.4, 0.5) is 5.69 Å². The van der Waals surface area contributed by atoms with E-state index in [1.54, 1.807) is 43.9 Å². The molecule has 1 aromatic rings. The van der Waals surface area contributed by atoms with Gasteiger partial charge in [-0.25, -0.2) is 8.42 Å². The molecule has 0 radical (unpaired) electrons. The molecule has 1 aromatic carbocycles. The lowest BCUT2D eigenvalue weighted by atomic mass is 10.2. The molecule has 1 heterocycles. The van der Waals surface area contributed by atoms with Gasteiger partial charge in [-0.2, -0.15) is 4.31 Å². The van der Waals surface area contributed by atoms with E-state index in [9.17, 15) is 18.0 Å². The Hall–Kier alpha value is -2.33. The molecule has 1 saturated heterocycles. The van der Waals surface area contributed by atoms with Crippen LogP contribution in [0.15, 0.2) is 23.1 Å². The third-order valence-electron chi connectivity index (χ3n) is 5.12. The first-order valence-corrected chi connectivity index (χ1v) is 11.5. The fraction of sp³-hybridized carbons (Fsp3) is 0.600. The van der Waals surface area contributed by atoms with Gasteiger partial charge in [0.1, 0.15) is 5.75 Å². The van der Waals surface area contributed by atoms with Crippen LogP contribution in [0, 0.1) is 0 Å². The van der Waals surface area contributed by atoms with Crippen molar-refractivity contribution in [2.75, 3.05) is 51.3 Å². The lowest BCUT2D eigenvalue weighted by Gasteiger charge is -2.37. The van der Waals surface area contributed by atoms with Gasteiger partial charge in [0, 0.05) is 46.2 Å². The molecular weight excluding hydrogens is 410 g/mol. The molecule has 1 aliphatic heterocycles. The normalized spacial score (nSPS) is 15.8. The third kappa shape index (κ3) is 5.23. The molecule has 0 bridgehead atoms. The lowest BCUT2D eigenvalue weighted by Crippen LogP contribution is -2.51. The van der Waals surface area contributed by atoms with E-state index in [1.807, 2.05) is 4.90 Å². The Labute approximate surface area is 178 Å². The smallest absolute Gasteiger partial charge is 0.303 e. The van der Waals surface area contributed by atoms with Crippen molar-refractivity contribution < 1.29 is 27.5 Å². The molecule has 30 heavy (non-hydrogen) atoms. The van der Waals surface area contributed by atoms with Crippen LogP contribution in [0.25, 0.3) is 0 Å². The van der Waals surface area contributed by atoms with Gasteiger partial charge in [0.2, 0.25) is 10.0 Å². The summed E-state index contributed by atoms with van der Waals surface area (Å²) in [5.41, 5.74) is 0.672. The number of methoxy groups -OCH3 is 1. The van der Waals surface area contributed by atoms with Crippen molar-refractivity contribution in [3.8, 4) is 5.75 Å². The number of carbonyl (C=O) groups is 2. The monoisotopic (exact) mass is 441 g/mol. The molecule has 1 aliphatic rings. The summed E-state index contributed by atoms with van der Waals surface area (Å²) in [6.07, 6.45) is -0.828. The molecule has 1 amide bonds. The van der Waals surface area contributed by atoms with E-state index in [1.165, 1.54) is 18.3 Å². The van der Waals surface area contributed by atoms with Gasteiger partial charge in [0.15, 0.2) is 6.10 Å². The molecule has 2 rings (SSSR count). The maximum absolute atomic E-state index is 12.9. The largest absolute Gasteiger partial charge is 0.495 e. The summed E-state index contributed by atoms with van der Waals surface area (Å²) in [6.45, 7) is 9.09. The first-order valence-electron chi connectivity index (χ1n) is 10.0. The predicted octanol–water partition coefficient (Wildman–Crippen LogP) is 1.33. The van der Waals surface area contributed by atoms with Gasteiger partial charge in [-0.15, -0.1) is 0 Å². The molecule has 0 N–H and O–H groups in total. The van der Waals surface area contributed by atoms with Crippen LogP contribution in [0.5, 0.6) is 5.75 Å². The summed E-state index contributed by atoms with van der Waals surface area (Å²) in [5.74, 6) is -0.165. The highest BCUT2D eigenvalue weighted by Crippen LogP contribution is 2.32. The summed E-state index contributed by atoms with van der Waals surface area (Å²) >= 11 is 0. The van der Waals surface area contributed by atoms with E-state index in [0.717, 1.165) is 0 Å². The summed E-state index contributed by atoms with van der Waals surface area (Å²) < 4.78 is 37.6. The Morgan fingerprint density at radius 2 is 1.73 bits per heavy atom. The number of amides is 1. The second-order valence-electron chi connectivity index (χ2n) is 6.99. The molecule has 9 nitrogen and oxygen atoms in total. The second-order valence-corrected chi connectivity index (χ2v) is 8.92. The van der Waals surface area contributed by atoms with Crippen LogP contribution >= 0.6 is 0 Å². The fourth-order valence-electron chi connectivity index (χ4n) is 3.51. The van der Waals surface area contributed by atoms with Crippen LogP contribution < -0.4 is 9.64 Å². The van der Waals surface area contributed by atoms with Crippen molar-refractivity contribution in [1.82, 2.24) is 9.21 Å². The zero-order chi connectivity index (χ0) is 22.5. The van der Waals surface area contributed by atoms with Crippen molar-refractivity contribution in [3.63, 3.8) is 0 Å². The first-order chi connectivity index (χ1) is 14.1. The van der Waals surface area contributed by atoms with Gasteiger partial charge in [0.05, 0.1) is 17.7 Å². The van der Waals surface area contributed by atoms with Crippen molar-refractivity contribution in [3.05, 3.63) is 18.2 Å². The zero-order valence-electron chi connectivity index (χ0n) is 18.3. The minimum absolute atomic E-state index is 0.212. The van der Waals surface area contributed by atoms with Crippen LogP contribution in [-0.2, 0) is 24.3 Å². The maximum atomic E-state index is 12.9. The minimum atomic E-state index is -3.60. The number of hydrogen-bond donors (Lipinski definition) is 0. The Kier molecular flexibility index (Phi) is 8.08. The molecule has 0 saturated carbocycles. The van der Waals surface area contributed by atoms with Gasteiger partial charge in [-0.05, 0) is 25.1 Å². The average Bonchev–Trinajstić information content (AvgIpc) is 2.73. The standard InChI is InChI=1S/C20H31N3O6S/c1-6-23(7-2)30(26,27)17-8-9-19(28-5)18(14-17)21-10-12-22(13-11-21)20(25)15(3)29-16(4)24/h8-9,14-15H,6-7,10-13H2,1-5H3/t15-/m0/s1. The zero-order valence-corrected chi connectivity index (χ0v) is 19.1. The lowest BCUT2D eigenvalue weighted by molar-refractivity contribution is -0.157. The highest BCUT2D eigenvalue weighted by atomic mass is 32.2. The Morgan fingerprint density at radius 1 is 1.13 bits per heavy atom. The number of benzene rings is 1. The quantitative estimate of drug-likeness (QED) is 0.562. The van der Waals surface area contributed by atoms with Crippen molar-refractivity contribution in [2.24, 2.45) is 0 Å². The van der Waals surface area contributed by atoms with Crippen molar-refractivity contribution >= 4 is 27.6 Å². The number of carbonyl (C=O) groups excluding carboxylic acids is 2. The maximum Gasteiger partial charge on any atom is 0.303 e. The Morgan fingerprint density at radius 3 is 2.23 bits per heavy atom. The molecule has 1 fully saturated rings. The number of anilines is 1. The first kappa shape index (κ1) is 23.9. The molecule has 168 valence electrons. The number of sulfonamides is 1. The predicted molar refractivity (Wildman–Crippen MR) is 113 cm³/mol. The average molecular weight is 442 g/mol. The van der Waals surface area contributed by atoms with Crippen LogP contribution in [-0.4, -0.2) is 82.0 Å². The topological polar surface area (TPSA) is 96.5 Å². The minimum Gasteiger partial charge on any atom is -0.495 e. The summed E-state index contributed by atoms with van der Waals surface area (Å²) in [7, 11) is -2.06. The van der Waals surface area contributed by atoms with E-state index < -0.39 is 22.1 Å². The van der Waals surface area contributed by atoms with Crippen LogP contribution in [0.2, 0.25) is 0 Å². The number of rotatable bonds is 8. The van der Waals surface area contributed by atoms with E-state index in [-0.39, 0.29) is 10.8 Å². The summed E-state index contributed by atoms with van der Waals surface area (Å²) in [4.78, 5) is 27.4. The van der Waals surface area contributed by atoms with Crippen molar-refractivity contribution in [1.29, 1.82) is 0 Å². The highest BCUT2D eigenvalue weighted by Gasteiger charge is 2.29. The fourth-order valence-corrected chi connectivity index (χ4v) is 4.99. The SMILES string of the molecule is CCN(CC)S(=O)(=O)c1ccc(OC)c(N2CCN(C(=O)[C@H](C)OC(C)=O)CC2)c1. The van der Waals surface area contributed by atoms with E-state index >= 15 is 0 Å². The molecular formula is C20H31N3O6S. The van der Waals surface area contributed by atoms with Gasteiger partial charge in [-0.3, -0.25) is 9.59 Å². The Balaban J connectivity index is 2.20. The highest BCUT2D eigenvalue weighted by molar-refractivity contribution is 7.89. The molecule has 1 atom stereocenters. The number of ether oxygens (including phenoxy) is 2. The third-order valence-corrected chi connectivity index (χ3v) is 7.16. The molecule has 0 aliphatic carbocycles. The van der Waals surface area contributed by atoms with Gasteiger partial charge < -0.3 is 19.3 Å². The molecule has 0 spiro atoms. The molecule has 10 heteroatoms. The number of piperazine rings is 1. The number of nitrogens with zero attached hydrogens (tertiary/aromatic N) is 3. The van der Waals surface area contributed by atoms with Gasteiger partial charge in [0.25, 0.3) is 5.91 Å². The summed E-state index contributed by atoms with van der Waals surface area (Å²) in [6, 6.07) is 4.84. The van der Waals surface area contributed by atoms with E-state index in [4.69, 9.17) is 9.47 Å². The second kappa shape index (κ2) is 10.1.